The first-order valence-electron chi connectivity index (χ1n) is 15.2. The summed E-state index contributed by atoms with van der Waals surface area (Å²) in [6.45, 7) is 22.6. The lowest BCUT2D eigenvalue weighted by Crippen LogP contribution is -2.66. The molecule has 3 fully saturated rings. The lowest BCUT2D eigenvalue weighted by Gasteiger charge is -2.69. The summed E-state index contributed by atoms with van der Waals surface area (Å²) in [4.78, 5) is 45.3. The molecule has 0 aliphatic heterocycles. The van der Waals surface area contributed by atoms with Crippen molar-refractivity contribution in [3.8, 4) is 0 Å². The summed E-state index contributed by atoms with van der Waals surface area (Å²) >= 11 is 0. The number of hydrogen-bond donors (Lipinski definition) is 1. The Hall–Kier alpha value is -2.06. The largest absolute Gasteiger partial charge is 0.395 e. The van der Waals surface area contributed by atoms with Gasteiger partial charge in [0, 0.05) is 28.6 Å². The molecule has 8 atom stereocenters. The lowest BCUT2D eigenvalue weighted by molar-refractivity contribution is -0.178. The predicted octanol–water partition coefficient (Wildman–Crippen LogP) is 6.90. The highest BCUT2D eigenvalue weighted by Crippen LogP contribution is 2.74. The van der Waals surface area contributed by atoms with Gasteiger partial charge >= 0.3 is 0 Å². The van der Waals surface area contributed by atoms with Crippen LogP contribution in [0.4, 0.5) is 0 Å². The van der Waals surface area contributed by atoms with Crippen LogP contribution in [0.25, 0.3) is 4.85 Å². The summed E-state index contributed by atoms with van der Waals surface area (Å²) in [5.74, 6) is -0.133. The number of nitrogens with zero attached hydrogens (tertiary/aromatic N) is 1. The molecule has 1 N–H and O–H groups in total. The molecule has 5 heteroatoms. The zero-order valence-corrected chi connectivity index (χ0v) is 25.1. The third kappa shape index (κ3) is 3.49. The van der Waals surface area contributed by atoms with Gasteiger partial charge in [0.2, 0.25) is 5.70 Å². The fraction of sp³-hybridized carbons (Fsp3) is 0.765. The van der Waals surface area contributed by atoms with Crippen molar-refractivity contribution in [1.29, 1.82) is 0 Å². The molecule has 0 radical (unpaired) electrons. The van der Waals surface area contributed by atoms with Gasteiger partial charge in [0.15, 0.2) is 11.6 Å². The van der Waals surface area contributed by atoms with Crippen LogP contribution in [0.15, 0.2) is 23.4 Å². The van der Waals surface area contributed by atoms with Crippen molar-refractivity contribution in [2.75, 3.05) is 6.61 Å². The minimum atomic E-state index is -1.05. The van der Waals surface area contributed by atoms with Gasteiger partial charge < -0.3 is 9.90 Å². The van der Waals surface area contributed by atoms with Crippen LogP contribution in [0.3, 0.4) is 0 Å². The third-order valence-corrected chi connectivity index (χ3v) is 13.0. The van der Waals surface area contributed by atoms with Gasteiger partial charge in [-0.15, -0.1) is 0 Å². The molecule has 39 heavy (non-hydrogen) atoms. The van der Waals surface area contributed by atoms with Crippen LogP contribution in [0.2, 0.25) is 0 Å². The van der Waals surface area contributed by atoms with Crippen molar-refractivity contribution in [2.24, 2.45) is 50.2 Å². The second kappa shape index (κ2) is 8.72. The van der Waals surface area contributed by atoms with Gasteiger partial charge in [-0.3, -0.25) is 9.59 Å². The Morgan fingerprint density at radius 2 is 1.72 bits per heavy atom. The summed E-state index contributed by atoms with van der Waals surface area (Å²) in [6.07, 6.45) is 11.2. The summed E-state index contributed by atoms with van der Waals surface area (Å²) in [5, 5.41) is 10.5. The molecule has 0 unspecified atom stereocenters. The van der Waals surface area contributed by atoms with Crippen molar-refractivity contribution >= 4 is 17.3 Å². The molecular formula is C34H47NO4. The van der Waals surface area contributed by atoms with E-state index in [0.29, 0.717) is 12.2 Å². The van der Waals surface area contributed by atoms with Crippen LogP contribution < -0.4 is 0 Å². The number of Topliss-reactive ketones (excluding diaryl/α,β-unsaturated/α-hetero) is 2. The number of allylic oxidation sites excluding steroid dienone is 4. The molecule has 212 valence electrons. The number of aliphatic hydroxyl groups is 1. The molecule has 0 aromatic heterocycles. The zero-order chi connectivity index (χ0) is 28.8. The van der Waals surface area contributed by atoms with E-state index in [2.05, 4.69) is 46.4 Å². The molecular weight excluding hydrogens is 486 g/mol. The highest BCUT2D eigenvalue weighted by atomic mass is 16.3. The molecule has 0 amide bonds. The van der Waals surface area contributed by atoms with E-state index in [-0.39, 0.29) is 57.9 Å². The van der Waals surface area contributed by atoms with Crippen molar-refractivity contribution in [2.45, 2.75) is 106 Å². The number of carbonyl (C=O) groups is 3. The van der Waals surface area contributed by atoms with Crippen LogP contribution in [-0.2, 0) is 14.4 Å². The number of rotatable bonds is 4. The highest BCUT2D eigenvalue weighted by molar-refractivity contribution is 6.03. The summed E-state index contributed by atoms with van der Waals surface area (Å²) in [5.41, 5.74) is -1.54. The Morgan fingerprint density at radius 3 is 2.33 bits per heavy atom. The maximum absolute atomic E-state index is 14.5. The van der Waals surface area contributed by atoms with Crippen molar-refractivity contribution in [1.82, 2.24) is 0 Å². The van der Waals surface area contributed by atoms with Gasteiger partial charge in [-0.2, -0.15) is 0 Å². The lowest BCUT2D eigenvalue weighted by atomic mass is 9.34. The first-order chi connectivity index (χ1) is 18.1. The Bertz CT molecular complexity index is 1240. The molecule has 5 rings (SSSR count). The number of aliphatic hydroxyl groups excluding tert-OH is 1. The predicted molar refractivity (Wildman–Crippen MR) is 151 cm³/mol. The second-order valence-electron chi connectivity index (χ2n) is 15.4. The molecule has 0 heterocycles. The standard InChI is InChI=1S/C34H47NO4/c1-9-10-26(38)34-15-13-29(2,3)18-21(34)27-23(37)17-25-30(4)19-22(35-8)28(39)31(5,20-36)24(30)11-12-32(25,6)33(27,7)14-16-34/h17,19,21,24,27,36H,9-16,18,20H2,1-7H3/t21-,24+,27-,30-,31-,32+,33+,34-/m0/s1. The van der Waals surface area contributed by atoms with Crippen molar-refractivity contribution in [3.05, 3.63) is 34.8 Å². The Morgan fingerprint density at radius 1 is 1.05 bits per heavy atom. The van der Waals surface area contributed by atoms with Crippen LogP contribution >= 0.6 is 0 Å². The number of hydrogen-bond acceptors (Lipinski definition) is 4. The average molecular weight is 534 g/mol. The van der Waals surface area contributed by atoms with Crippen LogP contribution in [-0.4, -0.2) is 29.1 Å². The van der Waals surface area contributed by atoms with Gasteiger partial charge in [-0.25, -0.2) is 4.85 Å². The van der Waals surface area contributed by atoms with E-state index in [1.54, 1.807) is 6.92 Å². The molecule has 3 saturated carbocycles. The minimum absolute atomic E-state index is 0.0386. The maximum atomic E-state index is 14.5. The van der Waals surface area contributed by atoms with E-state index >= 15 is 0 Å². The SMILES string of the molecule is [C-]#[N+]C1=C[C@]2(C)C3=CC(=O)[C@@H]4[C@@H]5CC(C)(C)CC[C@]5(C(=O)CCC)CC[C@@]4(C)[C@]3(C)CC[C@H]2[C@](C)(CO)C1=O. The Balaban J connectivity index is 1.69. The second-order valence-corrected chi connectivity index (χ2v) is 15.4. The van der Waals surface area contributed by atoms with Gasteiger partial charge in [-0.05, 0) is 85.5 Å². The monoisotopic (exact) mass is 533 g/mol. The average Bonchev–Trinajstić information content (AvgIpc) is 2.87. The van der Waals surface area contributed by atoms with Gasteiger partial charge in [0.25, 0.3) is 0 Å². The van der Waals surface area contributed by atoms with E-state index in [1.807, 2.05) is 12.2 Å². The van der Waals surface area contributed by atoms with Crippen molar-refractivity contribution in [3.63, 3.8) is 0 Å². The number of ketones is 3. The minimum Gasteiger partial charge on any atom is -0.395 e. The molecule has 0 saturated heterocycles. The fourth-order valence-corrected chi connectivity index (χ4v) is 10.6. The van der Waals surface area contributed by atoms with Gasteiger partial charge in [-0.1, -0.05) is 60.1 Å². The van der Waals surface area contributed by atoms with Crippen LogP contribution in [0.1, 0.15) is 106 Å². The van der Waals surface area contributed by atoms with Crippen LogP contribution in [0, 0.1) is 56.8 Å². The Kier molecular flexibility index (Phi) is 6.36. The third-order valence-electron chi connectivity index (χ3n) is 13.0. The molecule has 0 bridgehead atoms. The van der Waals surface area contributed by atoms with E-state index in [1.165, 1.54) is 0 Å². The maximum Gasteiger partial charge on any atom is 0.226 e. The summed E-state index contributed by atoms with van der Waals surface area (Å²) < 4.78 is 0. The van der Waals surface area contributed by atoms with E-state index in [4.69, 9.17) is 6.57 Å². The van der Waals surface area contributed by atoms with Gasteiger partial charge in [0.05, 0.1) is 13.2 Å². The smallest absolute Gasteiger partial charge is 0.226 e. The molecule has 0 aromatic rings. The molecule has 0 aromatic carbocycles. The van der Waals surface area contributed by atoms with E-state index in [0.717, 1.165) is 56.9 Å². The normalized spacial score (nSPS) is 46.5. The summed E-state index contributed by atoms with van der Waals surface area (Å²) in [6, 6.07) is 0. The first kappa shape index (κ1) is 28.5. The number of carbonyl (C=O) groups excluding carboxylic acids is 3. The topological polar surface area (TPSA) is 75.8 Å². The van der Waals surface area contributed by atoms with Gasteiger partial charge in [0.1, 0.15) is 5.78 Å². The first-order valence-corrected chi connectivity index (χ1v) is 15.2. The molecule has 0 spiro atoms. The Labute approximate surface area is 234 Å². The quantitative estimate of drug-likeness (QED) is 0.399. The molecule has 5 aliphatic carbocycles. The van der Waals surface area contributed by atoms with Crippen LogP contribution in [0.5, 0.6) is 0 Å². The van der Waals surface area contributed by atoms with E-state index < -0.39 is 16.2 Å². The van der Waals surface area contributed by atoms with E-state index in [9.17, 15) is 19.5 Å². The summed E-state index contributed by atoms with van der Waals surface area (Å²) in [7, 11) is 0. The fourth-order valence-electron chi connectivity index (χ4n) is 10.6. The molecule has 5 aliphatic rings. The zero-order valence-electron chi connectivity index (χ0n) is 25.1. The highest BCUT2D eigenvalue weighted by Gasteiger charge is 2.70. The van der Waals surface area contributed by atoms with Crippen molar-refractivity contribution < 1.29 is 19.5 Å². The number of fused-ring (bicyclic) bond motifs is 7. The molecule has 5 nitrogen and oxygen atoms in total.